The Morgan fingerprint density at radius 3 is 2.86 bits per heavy atom. The van der Waals surface area contributed by atoms with Gasteiger partial charge in [0.05, 0.1) is 0 Å². The minimum Gasteiger partial charge on any atom is -0.0864 e. The Morgan fingerprint density at radius 2 is 2.00 bits per heavy atom. The van der Waals surface area contributed by atoms with Gasteiger partial charge in [-0.3, -0.25) is 0 Å². The van der Waals surface area contributed by atoms with E-state index in [-0.39, 0.29) is 0 Å². The quantitative estimate of drug-likeness (QED) is 0.268. The van der Waals surface area contributed by atoms with Crippen LogP contribution in [0, 0.1) is 28.6 Å². The summed E-state index contributed by atoms with van der Waals surface area (Å²) < 4.78 is 1.35. The zero-order chi connectivity index (χ0) is 15.2. The molecule has 4 rings (SSSR count). The fourth-order valence-corrected chi connectivity index (χ4v) is 7.58. The van der Waals surface area contributed by atoms with Crippen molar-refractivity contribution in [1.82, 2.24) is 0 Å². The van der Waals surface area contributed by atoms with E-state index in [9.17, 15) is 0 Å². The lowest BCUT2D eigenvalue weighted by atomic mass is 9.49. The first-order chi connectivity index (χ1) is 10.7. The molecule has 0 unspecified atom stereocenters. The summed E-state index contributed by atoms with van der Waals surface area (Å²) in [5.74, 6) is 3.05. The topological polar surface area (TPSA) is 0 Å². The van der Waals surface area contributed by atoms with Gasteiger partial charge >= 0.3 is 0 Å². The average molecular weight is 412 g/mol. The normalized spacial score (nSPS) is 47.4. The van der Waals surface area contributed by atoms with Gasteiger partial charge in [0.2, 0.25) is 0 Å². The fourth-order valence-electron chi connectivity index (χ4n) is 7.20. The number of allylic oxidation sites excluding steroid dienone is 2. The minimum absolute atomic E-state index is 0.596. The van der Waals surface area contributed by atoms with Crippen molar-refractivity contribution in [1.29, 1.82) is 0 Å². The zero-order valence-electron chi connectivity index (χ0n) is 14.4. The van der Waals surface area contributed by atoms with Crippen LogP contribution in [-0.2, 0) is 0 Å². The largest absolute Gasteiger partial charge is 0.0864 e. The first-order valence-electron chi connectivity index (χ1n) is 9.96. The van der Waals surface area contributed by atoms with Crippen molar-refractivity contribution >= 4 is 22.6 Å². The molecule has 0 radical (unpaired) electrons. The zero-order valence-corrected chi connectivity index (χ0v) is 16.5. The maximum Gasteiger partial charge on any atom is -0.000452 e. The van der Waals surface area contributed by atoms with Crippen molar-refractivity contribution in [3.05, 3.63) is 11.6 Å². The van der Waals surface area contributed by atoms with E-state index in [1.165, 1.54) is 75.1 Å². The fraction of sp³-hybridized carbons (Fsp3) is 0.905. The summed E-state index contributed by atoms with van der Waals surface area (Å²) in [7, 11) is 0. The van der Waals surface area contributed by atoms with E-state index in [2.05, 4.69) is 35.6 Å². The lowest BCUT2D eigenvalue weighted by molar-refractivity contribution is 0.0338. The van der Waals surface area contributed by atoms with E-state index < -0.39 is 0 Å². The third-order valence-electron chi connectivity index (χ3n) is 8.28. The van der Waals surface area contributed by atoms with Crippen molar-refractivity contribution in [2.45, 2.75) is 84.0 Å². The monoisotopic (exact) mass is 412 g/mol. The maximum absolute atomic E-state index is 2.80. The second-order valence-corrected chi connectivity index (χ2v) is 10.1. The van der Waals surface area contributed by atoms with E-state index in [1.54, 1.807) is 6.42 Å². The van der Waals surface area contributed by atoms with Gasteiger partial charge in [-0.2, -0.15) is 0 Å². The molecule has 0 saturated heterocycles. The molecule has 0 aromatic rings. The van der Waals surface area contributed by atoms with Crippen molar-refractivity contribution in [3.8, 4) is 0 Å². The summed E-state index contributed by atoms with van der Waals surface area (Å²) in [5.41, 5.74) is 3.27. The van der Waals surface area contributed by atoms with Gasteiger partial charge in [-0.05, 0) is 90.8 Å². The summed E-state index contributed by atoms with van der Waals surface area (Å²) in [6.45, 7) is 2.65. The molecule has 4 aliphatic carbocycles. The van der Waals surface area contributed by atoms with E-state index >= 15 is 0 Å². The number of fused-ring (bicyclic) bond motifs is 5. The molecule has 0 N–H and O–H groups in total. The highest BCUT2D eigenvalue weighted by Gasteiger charge is 2.54. The summed E-state index contributed by atoms with van der Waals surface area (Å²) >= 11 is 2.58. The number of hydrogen-bond donors (Lipinski definition) is 0. The van der Waals surface area contributed by atoms with Gasteiger partial charge in [-0.15, -0.1) is 0 Å². The molecule has 3 saturated carbocycles. The molecular weight excluding hydrogens is 379 g/mol. The van der Waals surface area contributed by atoms with Crippen LogP contribution in [0.2, 0.25) is 0 Å². The minimum atomic E-state index is 0.596. The van der Waals surface area contributed by atoms with Crippen LogP contribution in [0.15, 0.2) is 11.6 Å². The third kappa shape index (κ3) is 2.35. The first-order valence-corrected chi connectivity index (χ1v) is 11.5. The molecule has 0 amide bonds. The van der Waals surface area contributed by atoms with Gasteiger partial charge < -0.3 is 0 Å². The number of hydrogen-bond acceptors (Lipinski definition) is 0. The summed E-state index contributed by atoms with van der Waals surface area (Å²) in [4.78, 5) is 0. The second kappa shape index (κ2) is 6.08. The predicted molar refractivity (Wildman–Crippen MR) is 103 cm³/mol. The average Bonchev–Trinajstić information content (AvgIpc) is 2.96. The van der Waals surface area contributed by atoms with Crippen LogP contribution in [0.1, 0.15) is 84.0 Å². The van der Waals surface area contributed by atoms with Crippen LogP contribution < -0.4 is 0 Å². The van der Waals surface area contributed by atoms with Crippen LogP contribution >= 0.6 is 22.6 Å². The molecule has 0 aliphatic heterocycles. The molecule has 0 spiro atoms. The molecule has 0 aromatic carbocycles. The van der Waals surface area contributed by atoms with Crippen molar-refractivity contribution < 1.29 is 0 Å². The van der Waals surface area contributed by atoms with Gasteiger partial charge in [-0.25, -0.2) is 0 Å². The highest BCUT2D eigenvalue weighted by Crippen LogP contribution is 2.65. The van der Waals surface area contributed by atoms with Crippen molar-refractivity contribution in [2.24, 2.45) is 28.6 Å². The Labute approximate surface area is 151 Å². The van der Waals surface area contributed by atoms with Gasteiger partial charge in [0.15, 0.2) is 0 Å². The Morgan fingerprint density at radius 1 is 1.09 bits per heavy atom. The number of alkyl halides is 1. The van der Waals surface area contributed by atoms with Crippen LogP contribution in [0.5, 0.6) is 0 Å². The number of halogens is 1. The second-order valence-electron chi connectivity index (χ2n) is 9.06. The van der Waals surface area contributed by atoms with Crippen molar-refractivity contribution in [3.63, 3.8) is 0 Å². The predicted octanol–water partition coefficient (Wildman–Crippen LogP) is 6.92. The Kier molecular flexibility index (Phi) is 4.41. The molecule has 1 heteroatoms. The van der Waals surface area contributed by atoms with Gasteiger partial charge in [0.1, 0.15) is 0 Å². The molecule has 124 valence electrons. The summed E-state index contributed by atoms with van der Waals surface area (Å²) in [6, 6.07) is 0. The smallest absolute Gasteiger partial charge is 0.000452 e. The van der Waals surface area contributed by atoms with E-state index in [0.29, 0.717) is 5.41 Å². The van der Waals surface area contributed by atoms with E-state index in [0.717, 1.165) is 23.2 Å². The highest BCUT2D eigenvalue weighted by molar-refractivity contribution is 14.1. The van der Waals surface area contributed by atoms with E-state index in [4.69, 9.17) is 0 Å². The first kappa shape index (κ1) is 16.0. The van der Waals surface area contributed by atoms with Crippen LogP contribution in [-0.4, -0.2) is 4.43 Å². The molecule has 3 fully saturated rings. The van der Waals surface area contributed by atoms with Crippen molar-refractivity contribution in [2.75, 3.05) is 4.43 Å². The van der Waals surface area contributed by atoms with Gasteiger partial charge in [0.25, 0.3) is 0 Å². The van der Waals surface area contributed by atoms with Crippen LogP contribution in [0.4, 0.5) is 0 Å². The molecule has 4 aliphatic rings. The SMILES string of the molecule is C[C@]12CCCC[C@H]1CC[C@@H]1C2=CC[C@]2(CCCI)CCC[C@@H]12. The Balaban J connectivity index is 1.65. The van der Waals surface area contributed by atoms with E-state index in [1.807, 2.05) is 5.57 Å². The Bertz CT molecular complexity index is 453. The highest BCUT2D eigenvalue weighted by atomic mass is 127. The number of rotatable bonds is 3. The third-order valence-corrected chi connectivity index (χ3v) is 9.05. The standard InChI is InChI=1S/C21H33I/c1-20-11-3-2-6-16(20)8-9-17-18(20)10-14-21(13-5-15-22)12-4-7-19(17)21/h10,16-17,19H,2-9,11-15H2,1H3/t16-,17+,19-,20-,21+/m0/s1. The molecule has 0 heterocycles. The Hall–Kier alpha value is 0.470. The molecule has 0 aromatic heterocycles. The maximum atomic E-state index is 2.80. The molecular formula is C21H33I. The lowest BCUT2D eigenvalue weighted by Gasteiger charge is -2.56. The molecule has 22 heavy (non-hydrogen) atoms. The van der Waals surface area contributed by atoms with Gasteiger partial charge in [-0.1, -0.05) is 60.4 Å². The lowest BCUT2D eigenvalue weighted by Crippen LogP contribution is -2.46. The molecule has 5 atom stereocenters. The van der Waals surface area contributed by atoms with Gasteiger partial charge in [0, 0.05) is 0 Å². The molecule has 0 nitrogen and oxygen atoms in total. The summed E-state index contributed by atoms with van der Waals surface area (Å²) in [6.07, 6.45) is 20.9. The van der Waals surface area contributed by atoms with Crippen LogP contribution in [0.25, 0.3) is 0 Å². The molecule has 0 bridgehead atoms. The van der Waals surface area contributed by atoms with Crippen LogP contribution in [0.3, 0.4) is 0 Å². The summed E-state index contributed by atoms with van der Waals surface area (Å²) in [5, 5.41) is 0.